The zero-order valence-electron chi connectivity index (χ0n) is 25.7. The lowest BCUT2D eigenvalue weighted by atomic mass is 10.1. The van der Waals surface area contributed by atoms with Crippen LogP contribution in [0.2, 0.25) is 0 Å². The zero-order valence-corrected chi connectivity index (χ0v) is 25.6. The van der Waals surface area contributed by atoms with Crippen LogP contribution in [0.3, 0.4) is 0 Å². The Labute approximate surface area is 250 Å². The van der Waals surface area contributed by atoms with E-state index in [1.54, 1.807) is 43.5 Å². The van der Waals surface area contributed by atoms with Crippen molar-refractivity contribution in [1.82, 2.24) is 14.2 Å². The van der Waals surface area contributed by atoms with Gasteiger partial charge in [0.15, 0.2) is 6.23 Å². The predicted octanol–water partition coefficient (Wildman–Crippen LogP) is 4.80. The van der Waals surface area contributed by atoms with Crippen LogP contribution in [0.15, 0.2) is 41.3 Å². The minimum Gasteiger partial charge on any atom is -0.370 e. The molecule has 11 nitrogen and oxygen atoms in total. The molecule has 1 aliphatic heterocycles. The van der Waals surface area contributed by atoms with E-state index in [0.717, 1.165) is 0 Å². The topological polar surface area (TPSA) is 109 Å². The molecule has 1 amide bonds. The molecular weight excluding hydrogens is 557 g/mol. The molecule has 2 aromatic rings. The molecule has 42 heavy (non-hydrogen) atoms. The number of aryl methyl sites for hydroxylation is 1. The third kappa shape index (κ3) is 8.45. The largest absolute Gasteiger partial charge is 0.370 e. The van der Waals surface area contributed by atoms with Gasteiger partial charge in [0.25, 0.3) is 14.4 Å². The van der Waals surface area contributed by atoms with Crippen LogP contribution in [0, 0.1) is 25.8 Å². The molecule has 0 saturated carbocycles. The van der Waals surface area contributed by atoms with E-state index in [4.69, 9.17) is 32.9 Å². The van der Waals surface area contributed by atoms with E-state index in [1.807, 2.05) is 27.7 Å². The number of aromatic nitrogens is 2. The lowest BCUT2D eigenvalue weighted by Crippen LogP contribution is -2.41. The number of hydrogen-bond acceptors (Lipinski definition) is 8. The van der Waals surface area contributed by atoms with Gasteiger partial charge in [-0.05, 0) is 53.7 Å². The van der Waals surface area contributed by atoms with Crippen molar-refractivity contribution in [2.75, 3.05) is 25.1 Å². The molecule has 1 aliphatic rings. The number of nitrogens with one attached hydrogen (secondary N) is 1. The van der Waals surface area contributed by atoms with Crippen molar-refractivity contribution in [3.8, 4) is 12.3 Å². The van der Waals surface area contributed by atoms with Gasteiger partial charge in [-0.2, -0.15) is 4.98 Å². The van der Waals surface area contributed by atoms with Crippen LogP contribution in [0.4, 0.5) is 5.82 Å². The van der Waals surface area contributed by atoms with Crippen LogP contribution in [-0.2, 0) is 18.5 Å². The minimum atomic E-state index is -1.69. The number of benzene rings is 1. The van der Waals surface area contributed by atoms with E-state index in [2.05, 4.69) is 25.7 Å². The molecule has 12 heteroatoms. The molecule has 5 atom stereocenters. The maximum absolute atomic E-state index is 13.3. The number of anilines is 1. The van der Waals surface area contributed by atoms with Crippen LogP contribution in [0.1, 0.15) is 64.5 Å². The first-order valence-electron chi connectivity index (χ1n) is 14.5. The van der Waals surface area contributed by atoms with E-state index >= 15 is 0 Å². The van der Waals surface area contributed by atoms with Crippen LogP contribution >= 0.6 is 8.53 Å². The molecular formula is C30H40N5O6P. The van der Waals surface area contributed by atoms with Gasteiger partial charge in [-0.3, -0.25) is 9.36 Å². The van der Waals surface area contributed by atoms with Gasteiger partial charge in [-0.25, -0.2) is 16.0 Å². The molecule has 1 N–H and O–H groups in total. The van der Waals surface area contributed by atoms with Gasteiger partial charge in [0.1, 0.15) is 24.6 Å². The summed E-state index contributed by atoms with van der Waals surface area (Å²) in [5, 5.41) is 2.70. The van der Waals surface area contributed by atoms with E-state index in [9.17, 15) is 9.59 Å². The molecule has 1 fully saturated rings. The van der Waals surface area contributed by atoms with E-state index in [1.165, 1.54) is 4.57 Å². The Morgan fingerprint density at radius 1 is 1.29 bits per heavy atom. The van der Waals surface area contributed by atoms with E-state index < -0.39 is 44.7 Å². The zero-order chi connectivity index (χ0) is 31.5. The van der Waals surface area contributed by atoms with Crippen molar-refractivity contribution in [2.45, 2.75) is 84.6 Å². The number of carbonyl (C=O) groups is 1. The highest BCUT2D eigenvalue weighted by Gasteiger charge is 2.48. The van der Waals surface area contributed by atoms with Crippen LogP contribution in [-0.4, -0.2) is 70.3 Å². The summed E-state index contributed by atoms with van der Waals surface area (Å²) in [7, 11) is -1.69. The maximum atomic E-state index is 13.3. The molecule has 1 aromatic heterocycles. The second-order valence-electron chi connectivity index (χ2n) is 10.2. The second-order valence-corrected chi connectivity index (χ2v) is 11.6. The third-order valence-corrected chi connectivity index (χ3v) is 8.51. The van der Waals surface area contributed by atoms with Gasteiger partial charge in [0, 0.05) is 37.2 Å². The number of ether oxygens (including phenoxy) is 2. The summed E-state index contributed by atoms with van der Waals surface area (Å²) in [5.74, 6) is 2.28. The standard InChI is InChI=1S/C30H40N5O6P/c1-9-10-17-38-26-25(41-42(39-18-16-31-8)35(20(2)3)21(4)5)23(7)40-29(26)34-19-22(6)27(33-30(34)37)32-28(36)24-14-12-11-13-15-24/h1,11-15,19-21,23,25-26,29H,10,16-18H2,2-7H3,(H,32,33,36,37)/t23-,25?,26?,29-,42?/m1/s1/i7D. The molecule has 2 heterocycles. The van der Waals surface area contributed by atoms with E-state index in [-0.39, 0.29) is 44.6 Å². The summed E-state index contributed by atoms with van der Waals surface area (Å²) >= 11 is 0. The fourth-order valence-electron chi connectivity index (χ4n) is 4.53. The molecule has 0 spiro atoms. The summed E-state index contributed by atoms with van der Waals surface area (Å²) in [4.78, 5) is 33.6. The highest BCUT2D eigenvalue weighted by Crippen LogP contribution is 2.50. The smallest absolute Gasteiger partial charge is 0.351 e. The van der Waals surface area contributed by atoms with Crippen LogP contribution < -0.4 is 11.0 Å². The highest BCUT2D eigenvalue weighted by molar-refractivity contribution is 7.44. The van der Waals surface area contributed by atoms with Crippen LogP contribution in [0.5, 0.6) is 0 Å². The average Bonchev–Trinajstić information content (AvgIpc) is 3.31. The molecule has 1 saturated heterocycles. The summed E-state index contributed by atoms with van der Waals surface area (Å²) in [6.45, 7) is 17.3. The van der Waals surface area contributed by atoms with Gasteiger partial charge >= 0.3 is 5.69 Å². The SMILES string of the molecule is [2H]C[C@H]1O[C@@H](n2cc(C)c(NC(=O)c3ccccc3)nc2=O)C(OCCC#C)C1OP(OCC[N+]#[C-])N(C(C)C)C(C)C. The van der Waals surface area contributed by atoms with Crippen molar-refractivity contribution in [3.05, 3.63) is 69.6 Å². The number of rotatable bonds is 14. The fraction of sp³-hybridized carbons (Fsp3) is 0.533. The van der Waals surface area contributed by atoms with Gasteiger partial charge in [0.05, 0.1) is 12.7 Å². The number of nitrogens with zero attached hydrogens (tertiary/aromatic N) is 4. The lowest BCUT2D eigenvalue weighted by Gasteiger charge is -2.37. The van der Waals surface area contributed by atoms with Gasteiger partial charge < -0.3 is 28.7 Å². The summed E-state index contributed by atoms with van der Waals surface area (Å²) in [6.07, 6.45) is 3.97. The Hall–Kier alpha value is -3.15. The van der Waals surface area contributed by atoms with Crippen molar-refractivity contribution < 1.29 is 24.7 Å². The molecule has 0 radical (unpaired) electrons. The summed E-state index contributed by atoms with van der Waals surface area (Å²) in [6, 6.07) is 8.74. The molecule has 0 bridgehead atoms. The first-order valence-corrected chi connectivity index (χ1v) is 14.9. The van der Waals surface area contributed by atoms with Crippen LogP contribution in [0.25, 0.3) is 4.85 Å². The number of carbonyl (C=O) groups excluding carboxylic acids is 1. The third-order valence-electron chi connectivity index (χ3n) is 6.38. The molecule has 1 aromatic carbocycles. The number of terminal acetylenes is 1. The number of amides is 1. The number of hydrogen-bond donors (Lipinski definition) is 1. The van der Waals surface area contributed by atoms with Crippen molar-refractivity contribution in [2.24, 2.45) is 0 Å². The Balaban J connectivity index is 1.96. The summed E-state index contributed by atoms with van der Waals surface area (Å²) < 4.78 is 36.7. The molecule has 3 unspecified atom stereocenters. The Morgan fingerprint density at radius 2 is 2.00 bits per heavy atom. The first kappa shape index (κ1) is 31.8. The lowest BCUT2D eigenvalue weighted by molar-refractivity contribution is -0.0668. The molecule has 0 aliphatic carbocycles. The Kier molecular flexibility index (Phi) is 12.0. The van der Waals surface area contributed by atoms with E-state index in [0.29, 0.717) is 17.5 Å². The van der Waals surface area contributed by atoms with Gasteiger partial charge in [-0.15, -0.1) is 12.3 Å². The molecule has 226 valence electrons. The second kappa shape index (κ2) is 15.9. The first-order chi connectivity index (χ1) is 20.6. The van der Waals surface area contributed by atoms with Crippen molar-refractivity contribution >= 4 is 20.3 Å². The molecule has 3 rings (SSSR count). The quantitative estimate of drug-likeness (QED) is 0.143. The van der Waals surface area contributed by atoms with Crippen molar-refractivity contribution in [1.29, 1.82) is 0 Å². The minimum absolute atomic E-state index is 0.0561. The average molecular weight is 599 g/mol. The fourth-order valence-corrected chi connectivity index (χ4v) is 6.29. The highest BCUT2D eigenvalue weighted by atomic mass is 31.2. The Morgan fingerprint density at radius 3 is 2.62 bits per heavy atom. The normalized spacial score (nSPS) is 21.2. The predicted molar refractivity (Wildman–Crippen MR) is 162 cm³/mol. The Bertz CT molecular complexity index is 1340. The summed E-state index contributed by atoms with van der Waals surface area (Å²) in [5.41, 5.74) is 0.284. The maximum Gasteiger partial charge on any atom is 0.351 e. The van der Waals surface area contributed by atoms with Gasteiger partial charge in [0.2, 0.25) is 6.54 Å². The van der Waals surface area contributed by atoms with Gasteiger partial charge in [-0.1, -0.05) is 18.2 Å². The van der Waals surface area contributed by atoms with Crippen molar-refractivity contribution in [3.63, 3.8) is 0 Å². The monoisotopic (exact) mass is 598 g/mol.